The molecule has 0 atom stereocenters. The van der Waals surface area contributed by atoms with Gasteiger partial charge in [-0.3, -0.25) is 4.79 Å². The third-order valence-electron chi connectivity index (χ3n) is 2.33. The third-order valence-corrected chi connectivity index (χ3v) is 2.33. The molecule has 1 amide bonds. The fourth-order valence-corrected chi connectivity index (χ4v) is 1.74. The molecule has 0 saturated heterocycles. The van der Waals surface area contributed by atoms with E-state index in [1.165, 1.54) is 24.8 Å². The Morgan fingerprint density at radius 3 is 2.29 bits per heavy atom. The van der Waals surface area contributed by atoms with Crippen molar-refractivity contribution in [2.24, 2.45) is 0 Å². The van der Waals surface area contributed by atoms with Crippen LogP contribution in [0.1, 0.15) is 52.9 Å². The highest BCUT2D eigenvalue weighted by molar-refractivity contribution is 5.88. The van der Waals surface area contributed by atoms with Crippen molar-refractivity contribution in [3.63, 3.8) is 0 Å². The van der Waals surface area contributed by atoms with Gasteiger partial charge in [-0.2, -0.15) is 0 Å². The zero-order chi connectivity index (χ0) is 10.6. The normalized spacial score (nSPS) is 17.8. The van der Waals surface area contributed by atoms with E-state index in [4.69, 9.17) is 0 Å². The van der Waals surface area contributed by atoms with Crippen molar-refractivity contribution < 1.29 is 4.79 Å². The van der Waals surface area contributed by atoms with Crippen LogP contribution < -0.4 is 5.32 Å². The average molecular weight is 195 g/mol. The summed E-state index contributed by atoms with van der Waals surface area (Å²) in [6.45, 7) is 6.01. The van der Waals surface area contributed by atoms with Crippen molar-refractivity contribution in [3.05, 3.63) is 11.6 Å². The molecule has 2 nitrogen and oxygen atoms in total. The number of hydrogen-bond acceptors (Lipinski definition) is 1. The molecule has 1 saturated carbocycles. The summed E-state index contributed by atoms with van der Waals surface area (Å²) in [6.07, 6.45) is 7.82. The smallest absolute Gasteiger partial charge is 0.244 e. The fraction of sp³-hybridized carbons (Fsp3) is 0.750. The Hall–Kier alpha value is -0.790. The molecule has 0 heterocycles. The number of rotatable bonds is 1. The van der Waals surface area contributed by atoms with Crippen molar-refractivity contribution in [3.8, 4) is 0 Å². The number of carbonyl (C=O) groups is 1. The Balaban J connectivity index is 2.45. The number of carbonyl (C=O) groups excluding carboxylic acids is 1. The summed E-state index contributed by atoms with van der Waals surface area (Å²) in [5.41, 5.74) is 1.20. The molecule has 0 aromatic heterocycles. The SMILES string of the molecule is CC(C)(C)NC(=O)C=C1CCCCC1. The first kappa shape index (κ1) is 11.3. The van der Waals surface area contributed by atoms with E-state index in [1.54, 1.807) is 6.08 Å². The molecule has 0 radical (unpaired) electrons. The first-order chi connectivity index (χ1) is 6.47. The molecule has 0 unspecified atom stereocenters. The number of hydrogen-bond donors (Lipinski definition) is 1. The lowest BCUT2D eigenvalue weighted by Crippen LogP contribution is -2.39. The predicted molar refractivity (Wildman–Crippen MR) is 59.1 cm³/mol. The molecule has 0 spiro atoms. The molecule has 1 N–H and O–H groups in total. The zero-order valence-electron chi connectivity index (χ0n) is 9.52. The van der Waals surface area contributed by atoms with Crippen molar-refractivity contribution >= 4 is 5.91 Å². The summed E-state index contributed by atoms with van der Waals surface area (Å²) in [4.78, 5) is 11.5. The highest BCUT2D eigenvalue weighted by Gasteiger charge is 2.13. The van der Waals surface area contributed by atoms with E-state index in [9.17, 15) is 4.79 Å². The van der Waals surface area contributed by atoms with Crippen molar-refractivity contribution in [2.75, 3.05) is 0 Å². The van der Waals surface area contributed by atoms with Gasteiger partial charge in [0.05, 0.1) is 0 Å². The molecular formula is C12H21NO. The third kappa shape index (κ3) is 4.45. The summed E-state index contributed by atoms with van der Waals surface area (Å²) >= 11 is 0. The van der Waals surface area contributed by atoms with Crippen LogP contribution in [0.25, 0.3) is 0 Å². The van der Waals surface area contributed by atoms with Crippen LogP contribution in [-0.4, -0.2) is 11.4 Å². The maximum atomic E-state index is 11.5. The van der Waals surface area contributed by atoms with Crippen LogP contribution in [0.3, 0.4) is 0 Å². The predicted octanol–water partition coefficient (Wildman–Crippen LogP) is 2.79. The molecule has 1 fully saturated rings. The van der Waals surface area contributed by atoms with Gasteiger partial charge in [0.25, 0.3) is 0 Å². The molecule has 1 aliphatic carbocycles. The highest BCUT2D eigenvalue weighted by atomic mass is 16.1. The van der Waals surface area contributed by atoms with Gasteiger partial charge in [-0.05, 0) is 46.5 Å². The Kier molecular flexibility index (Phi) is 3.73. The number of allylic oxidation sites excluding steroid dienone is 1. The van der Waals surface area contributed by atoms with Crippen LogP contribution in [0.2, 0.25) is 0 Å². The Morgan fingerprint density at radius 1 is 1.21 bits per heavy atom. The van der Waals surface area contributed by atoms with Gasteiger partial charge in [0, 0.05) is 11.6 Å². The van der Waals surface area contributed by atoms with Gasteiger partial charge in [-0.25, -0.2) is 0 Å². The maximum absolute atomic E-state index is 11.5. The summed E-state index contributed by atoms with van der Waals surface area (Å²) < 4.78 is 0. The molecule has 14 heavy (non-hydrogen) atoms. The summed E-state index contributed by atoms with van der Waals surface area (Å²) in [5.74, 6) is 0.0643. The largest absolute Gasteiger partial charge is 0.348 e. The molecule has 80 valence electrons. The van der Waals surface area contributed by atoms with Crippen LogP contribution in [-0.2, 0) is 4.79 Å². The van der Waals surface area contributed by atoms with Crippen LogP contribution in [0.15, 0.2) is 11.6 Å². The fourth-order valence-electron chi connectivity index (χ4n) is 1.74. The minimum absolute atomic E-state index is 0.0643. The average Bonchev–Trinajstić information content (AvgIpc) is 2.02. The number of amides is 1. The van der Waals surface area contributed by atoms with E-state index in [2.05, 4.69) is 5.32 Å². The number of nitrogens with one attached hydrogen (secondary N) is 1. The Morgan fingerprint density at radius 2 is 1.79 bits per heavy atom. The monoisotopic (exact) mass is 195 g/mol. The quantitative estimate of drug-likeness (QED) is 0.640. The first-order valence-electron chi connectivity index (χ1n) is 5.49. The van der Waals surface area contributed by atoms with E-state index in [-0.39, 0.29) is 11.4 Å². The first-order valence-corrected chi connectivity index (χ1v) is 5.49. The summed E-state index contributed by atoms with van der Waals surface area (Å²) in [5, 5.41) is 2.95. The van der Waals surface area contributed by atoms with E-state index >= 15 is 0 Å². The second kappa shape index (κ2) is 4.63. The van der Waals surface area contributed by atoms with Crippen LogP contribution in [0.5, 0.6) is 0 Å². The molecule has 2 heteroatoms. The zero-order valence-corrected chi connectivity index (χ0v) is 9.52. The highest BCUT2D eigenvalue weighted by Crippen LogP contribution is 2.22. The lowest BCUT2D eigenvalue weighted by molar-refractivity contribution is -0.117. The molecule has 0 aromatic carbocycles. The van der Waals surface area contributed by atoms with E-state index < -0.39 is 0 Å². The van der Waals surface area contributed by atoms with Gasteiger partial charge in [-0.1, -0.05) is 12.0 Å². The lowest BCUT2D eigenvalue weighted by atomic mass is 9.94. The van der Waals surface area contributed by atoms with E-state index in [1.807, 2.05) is 20.8 Å². The van der Waals surface area contributed by atoms with Gasteiger partial charge >= 0.3 is 0 Å². The van der Waals surface area contributed by atoms with Gasteiger partial charge in [-0.15, -0.1) is 0 Å². The summed E-state index contributed by atoms with van der Waals surface area (Å²) in [7, 11) is 0. The maximum Gasteiger partial charge on any atom is 0.244 e. The minimum Gasteiger partial charge on any atom is -0.348 e. The molecule has 0 aromatic rings. The topological polar surface area (TPSA) is 29.1 Å². The molecule has 0 bridgehead atoms. The molecule has 1 aliphatic rings. The van der Waals surface area contributed by atoms with Crippen LogP contribution in [0, 0.1) is 0 Å². The molecular weight excluding hydrogens is 174 g/mol. The van der Waals surface area contributed by atoms with E-state index in [0.29, 0.717) is 0 Å². The van der Waals surface area contributed by atoms with Gasteiger partial charge < -0.3 is 5.32 Å². The van der Waals surface area contributed by atoms with Crippen LogP contribution in [0.4, 0.5) is 0 Å². The van der Waals surface area contributed by atoms with Crippen molar-refractivity contribution in [1.29, 1.82) is 0 Å². The van der Waals surface area contributed by atoms with E-state index in [0.717, 1.165) is 12.8 Å². The standard InChI is InChI=1S/C12H21NO/c1-12(2,3)13-11(14)9-10-7-5-4-6-8-10/h9H,4-8H2,1-3H3,(H,13,14). The van der Waals surface area contributed by atoms with Gasteiger partial charge in [0.15, 0.2) is 0 Å². The Labute approximate surface area is 86.8 Å². The second-order valence-corrected chi connectivity index (χ2v) is 5.10. The Bertz CT molecular complexity index is 227. The van der Waals surface area contributed by atoms with Crippen molar-refractivity contribution in [1.82, 2.24) is 5.32 Å². The molecule has 1 rings (SSSR count). The van der Waals surface area contributed by atoms with Gasteiger partial charge in [0.1, 0.15) is 0 Å². The lowest BCUT2D eigenvalue weighted by Gasteiger charge is -2.20. The van der Waals surface area contributed by atoms with Crippen LogP contribution >= 0.6 is 0 Å². The summed E-state index contributed by atoms with van der Waals surface area (Å²) in [6, 6.07) is 0. The minimum atomic E-state index is -0.122. The second-order valence-electron chi connectivity index (χ2n) is 5.10. The molecule has 0 aliphatic heterocycles. The van der Waals surface area contributed by atoms with Gasteiger partial charge in [0.2, 0.25) is 5.91 Å². The van der Waals surface area contributed by atoms with Crippen molar-refractivity contribution in [2.45, 2.75) is 58.4 Å².